The van der Waals surface area contributed by atoms with Crippen molar-refractivity contribution in [2.24, 2.45) is 5.92 Å². The van der Waals surface area contributed by atoms with Crippen LogP contribution in [0.25, 0.3) is 0 Å². The number of carbonyl (C=O) groups excluding carboxylic acids is 1. The van der Waals surface area contributed by atoms with E-state index in [0.29, 0.717) is 19.6 Å². The Bertz CT molecular complexity index is 478. The number of nitrogens with one attached hydrogen (secondary N) is 1. The zero-order chi connectivity index (χ0) is 15.1. The molecule has 1 unspecified atom stereocenters. The number of rotatable bonds is 5. The van der Waals surface area contributed by atoms with Gasteiger partial charge in [-0.3, -0.25) is 9.78 Å². The van der Waals surface area contributed by atoms with Gasteiger partial charge >= 0.3 is 12.0 Å². The molecule has 21 heavy (non-hydrogen) atoms. The van der Waals surface area contributed by atoms with Crippen LogP contribution in [0.15, 0.2) is 24.5 Å². The van der Waals surface area contributed by atoms with E-state index in [2.05, 4.69) is 10.3 Å². The second-order valence-corrected chi connectivity index (χ2v) is 5.40. The molecule has 1 fully saturated rings. The summed E-state index contributed by atoms with van der Waals surface area (Å²) in [6.07, 6.45) is 6.14. The Morgan fingerprint density at radius 1 is 1.48 bits per heavy atom. The van der Waals surface area contributed by atoms with Crippen LogP contribution in [0.3, 0.4) is 0 Å². The molecule has 0 radical (unpaired) electrons. The first-order chi connectivity index (χ1) is 10.1. The van der Waals surface area contributed by atoms with Gasteiger partial charge in [0.2, 0.25) is 0 Å². The third-order valence-corrected chi connectivity index (χ3v) is 3.68. The lowest BCUT2D eigenvalue weighted by Crippen LogP contribution is -2.46. The van der Waals surface area contributed by atoms with Gasteiger partial charge in [0.15, 0.2) is 0 Å². The number of aromatic nitrogens is 1. The first kappa shape index (κ1) is 15.3. The molecule has 0 aromatic carbocycles. The summed E-state index contributed by atoms with van der Waals surface area (Å²) in [6.45, 7) is 1.80. The molecule has 2 N–H and O–H groups in total. The van der Waals surface area contributed by atoms with E-state index in [-0.39, 0.29) is 18.4 Å². The van der Waals surface area contributed by atoms with Gasteiger partial charge in [-0.15, -0.1) is 0 Å². The van der Waals surface area contributed by atoms with Crippen LogP contribution in [-0.4, -0.2) is 46.6 Å². The Morgan fingerprint density at radius 3 is 3.05 bits per heavy atom. The summed E-state index contributed by atoms with van der Waals surface area (Å²) in [5.41, 5.74) is 1.08. The molecule has 1 aromatic rings. The fourth-order valence-corrected chi connectivity index (χ4v) is 2.63. The second-order valence-electron chi connectivity index (χ2n) is 5.40. The number of carboxylic acids is 1. The minimum absolute atomic E-state index is 0.0697. The summed E-state index contributed by atoms with van der Waals surface area (Å²) in [5, 5.41) is 11.7. The van der Waals surface area contributed by atoms with Crippen molar-refractivity contribution < 1.29 is 14.7 Å². The monoisotopic (exact) mass is 291 g/mol. The third kappa shape index (κ3) is 5.06. The molecule has 1 aromatic heterocycles. The van der Waals surface area contributed by atoms with Gasteiger partial charge < -0.3 is 15.3 Å². The maximum Gasteiger partial charge on any atom is 0.317 e. The molecule has 0 spiro atoms. The van der Waals surface area contributed by atoms with E-state index in [0.717, 1.165) is 24.8 Å². The maximum absolute atomic E-state index is 12.1. The van der Waals surface area contributed by atoms with Crippen molar-refractivity contribution in [2.75, 3.05) is 19.6 Å². The standard InChI is InChI=1S/C15H21N3O3/c19-14(20)9-13-4-2-8-18(11-13)15(21)17-7-5-12-3-1-6-16-10-12/h1,3,6,10,13H,2,4-5,7-9,11H2,(H,17,21)(H,19,20). The number of urea groups is 1. The summed E-state index contributed by atoms with van der Waals surface area (Å²) >= 11 is 0. The van der Waals surface area contributed by atoms with Crippen LogP contribution in [0.4, 0.5) is 4.79 Å². The zero-order valence-corrected chi connectivity index (χ0v) is 12.0. The van der Waals surface area contributed by atoms with E-state index in [1.54, 1.807) is 17.3 Å². The van der Waals surface area contributed by atoms with E-state index in [1.165, 1.54) is 0 Å². The number of likely N-dealkylation sites (tertiary alicyclic amines) is 1. The van der Waals surface area contributed by atoms with Crippen molar-refractivity contribution in [1.29, 1.82) is 0 Å². The second kappa shape index (κ2) is 7.61. The molecule has 1 atom stereocenters. The molecule has 2 heterocycles. The lowest BCUT2D eigenvalue weighted by Gasteiger charge is -2.32. The van der Waals surface area contributed by atoms with Gasteiger partial charge in [0, 0.05) is 38.4 Å². The minimum atomic E-state index is -0.793. The molecule has 1 saturated heterocycles. The van der Waals surface area contributed by atoms with Crippen molar-refractivity contribution in [3.63, 3.8) is 0 Å². The molecular formula is C15H21N3O3. The van der Waals surface area contributed by atoms with Gasteiger partial charge in [0.25, 0.3) is 0 Å². The molecule has 0 aliphatic carbocycles. The predicted molar refractivity (Wildman–Crippen MR) is 77.9 cm³/mol. The molecular weight excluding hydrogens is 270 g/mol. The fourth-order valence-electron chi connectivity index (χ4n) is 2.63. The quantitative estimate of drug-likeness (QED) is 0.861. The first-order valence-corrected chi connectivity index (χ1v) is 7.28. The Morgan fingerprint density at radius 2 is 2.33 bits per heavy atom. The molecule has 6 heteroatoms. The number of nitrogens with zero attached hydrogens (tertiary/aromatic N) is 2. The molecule has 0 saturated carbocycles. The predicted octanol–water partition coefficient (Wildman–Crippen LogP) is 1.52. The number of hydrogen-bond acceptors (Lipinski definition) is 3. The Hall–Kier alpha value is -2.11. The van der Waals surface area contributed by atoms with Crippen molar-refractivity contribution in [3.05, 3.63) is 30.1 Å². The molecule has 1 aliphatic rings. The number of carbonyl (C=O) groups is 2. The van der Waals surface area contributed by atoms with E-state index in [1.807, 2.05) is 12.1 Å². The lowest BCUT2D eigenvalue weighted by atomic mass is 9.95. The van der Waals surface area contributed by atoms with Crippen molar-refractivity contribution in [1.82, 2.24) is 15.2 Å². The number of hydrogen-bond donors (Lipinski definition) is 2. The Balaban J connectivity index is 1.73. The van der Waals surface area contributed by atoms with E-state index in [4.69, 9.17) is 5.11 Å². The van der Waals surface area contributed by atoms with Crippen molar-refractivity contribution >= 4 is 12.0 Å². The Kier molecular flexibility index (Phi) is 5.54. The average molecular weight is 291 g/mol. The summed E-state index contributed by atoms with van der Waals surface area (Å²) in [4.78, 5) is 28.6. The molecule has 114 valence electrons. The average Bonchev–Trinajstić information content (AvgIpc) is 2.48. The van der Waals surface area contributed by atoms with Crippen molar-refractivity contribution in [3.8, 4) is 0 Å². The summed E-state index contributed by atoms with van der Waals surface area (Å²) in [5.74, 6) is -0.723. The van der Waals surface area contributed by atoms with Crippen LogP contribution in [0.2, 0.25) is 0 Å². The minimum Gasteiger partial charge on any atom is -0.481 e. The highest BCUT2D eigenvalue weighted by atomic mass is 16.4. The summed E-state index contributed by atoms with van der Waals surface area (Å²) in [6, 6.07) is 3.75. The number of pyridine rings is 1. The van der Waals surface area contributed by atoms with Crippen LogP contribution in [-0.2, 0) is 11.2 Å². The summed E-state index contributed by atoms with van der Waals surface area (Å²) in [7, 11) is 0. The normalized spacial score (nSPS) is 18.3. The van der Waals surface area contributed by atoms with E-state index < -0.39 is 5.97 Å². The largest absolute Gasteiger partial charge is 0.481 e. The van der Waals surface area contributed by atoms with Crippen LogP contribution >= 0.6 is 0 Å². The van der Waals surface area contributed by atoms with Crippen molar-refractivity contribution in [2.45, 2.75) is 25.7 Å². The SMILES string of the molecule is O=C(O)CC1CCCN(C(=O)NCCc2cccnc2)C1. The fraction of sp³-hybridized carbons (Fsp3) is 0.533. The molecule has 1 aliphatic heterocycles. The molecule has 2 rings (SSSR count). The first-order valence-electron chi connectivity index (χ1n) is 7.28. The highest BCUT2D eigenvalue weighted by Crippen LogP contribution is 2.19. The smallest absolute Gasteiger partial charge is 0.317 e. The van der Waals surface area contributed by atoms with Gasteiger partial charge in [0.05, 0.1) is 0 Å². The molecule has 6 nitrogen and oxygen atoms in total. The number of aliphatic carboxylic acids is 1. The molecule has 0 bridgehead atoms. The van der Waals surface area contributed by atoms with Gasteiger partial charge in [-0.1, -0.05) is 6.07 Å². The van der Waals surface area contributed by atoms with Gasteiger partial charge in [0.1, 0.15) is 0 Å². The number of carboxylic acid groups (broad SMARTS) is 1. The summed E-state index contributed by atoms with van der Waals surface area (Å²) < 4.78 is 0. The van der Waals surface area contributed by atoms with Crippen LogP contribution < -0.4 is 5.32 Å². The number of piperidine rings is 1. The Labute approximate surface area is 124 Å². The van der Waals surface area contributed by atoms with E-state index >= 15 is 0 Å². The van der Waals surface area contributed by atoms with Gasteiger partial charge in [-0.05, 0) is 36.8 Å². The van der Waals surface area contributed by atoms with Gasteiger partial charge in [-0.2, -0.15) is 0 Å². The van der Waals surface area contributed by atoms with Crippen LogP contribution in [0, 0.1) is 5.92 Å². The zero-order valence-electron chi connectivity index (χ0n) is 12.0. The lowest BCUT2D eigenvalue weighted by molar-refractivity contribution is -0.138. The maximum atomic E-state index is 12.1. The highest BCUT2D eigenvalue weighted by molar-refractivity contribution is 5.74. The topological polar surface area (TPSA) is 82.5 Å². The third-order valence-electron chi connectivity index (χ3n) is 3.68. The van der Waals surface area contributed by atoms with Gasteiger partial charge in [-0.25, -0.2) is 4.79 Å². The number of amides is 2. The molecule has 2 amide bonds. The highest BCUT2D eigenvalue weighted by Gasteiger charge is 2.24. The van der Waals surface area contributed by atoms with Crippen LogP contribution in [0.1, 0.15) is 24.8 Å². The van der Waals surface area contributed by atoms with Crippen LogP contribution in [0.5, 0.6) is 0 Å². The van der Waals surface area contributed by atoms with E-state index in [9.17, 15) is 9.59 Å².